The van der Waals surface area contributed by atoms with Gasteiger partial charge in [-0.1, -0.05) is 13.0 Å². The minimum atomic E-state index is 0.141. The first-order chi connectivity index (χ1) is 5.68. The van der Waals surface area contributed by atoms with E-state index in [4.69, 9.17) is 5.73 Å². The van der Waals surface area contributed by atoms with E-state index in [-0.39, 0.29) is 11.7 Å². The lowest BCUT2D eigenvalue weighted by atomic mass is 10.1. The van der Waals surface area contributed by atoms with Crippen LogP contribution in [0.15, 0.2) is 18.2 Å². The van der Waals surface area contributed by atoms with Crippen molar-refractivity contribution in [1.29, 1.82) is 0 Å². The Labute approximate surface area is 71.4 Å². The SMILES string of the molecule is C[C@@H]1Cc2ccc(N)cc2C1=O. The van der Waals surface area contributed by atoms with Crippen LogP contribution in [0.25, 0.3) is 0 Å². The van der Waals surface area contributed by atoms with Crippen LogP contribution in [0.1, 0.15) is 22.8 Å². The zero-order valence-corrected chi connectivity index (χ0v) is 7.00. The first kappa shape index (κ1) is 7.35. The highest BCUT2D eigenvalue weighted by Gasteiger charge is 2.26. The van der Waals surface area contributed by atoms with E-state index >= 15 is 0 Å². The Bertz CT molecular complexity index is 344. The molecule has 0 unspecified atom stereocenters. The lowest BCUT2D eigenvalue weighted by Gasteiger charge is -1.97. The van der Waals surface area contributed by atoms with Gasteiger partial charge >= 0.3 is 0 Å². The molecule has 2 rings (SSSR count). The van der Waals surface area contributed by atoms with Crippen LogP contribution < -0.4 is 5.73 Å². The molecule has 0 fully saturated rings. The number of nitrogens with two attached hydrogens (primary N) is 1. The number of fused-ring (bicyclic) bond motifs is 1. The van der Waals surface area contributed by atoms with Gasteiger partial charge in [0.05, 0.1) is 0 Å². The maximum absolute atomic E-state index is 11.5. The monoisotopic (exact) mass is 161 g/mol. The highest BCUT2D eigenvalue weighted by molar-refractivity contribution is 6.02. The van der Waals surface area contributed by atoms with Crippen molar-refractivity contribution in [2.45, 2.75) is 13.3 Å². The molecule has 0 aromatic heterocycles. The number of Topliss-reactive ketones (excluding diaryl/α,β-unsaturated/α-hetero) is 1. The molecule has 2 N–H and O–H groups in total. The fraction of sp³-hybridized carbons (Fsp3) is 0.300. The number of hydrogen-bond acceptors (Lipinski definition) is 2. The summed E-state index contributed by atoms with van der Waals surface area (Å²) >= 11 is 0. The van der Waals surface area contributed by atoms with E-state index < -0.39 is 0 Å². The van der Waals surface area contributed by atoms with Gasteiger partial charge < -0.3 is 5.73 Å². The zero-order chi connectivity index (χ0) is 8.72. The Morgan fingerprint density at radius 2 is 2.25 bits per heavy atom. The molecule has 0 radical (unpaired) electrons. The van der Waals surface area contributed by atoms with Gasteiger partial charge in [-0.15, -0.1) is 0 Å². The summed E-state index contributed by atoms with van der Waals surface area (Å²) in [6, 6.07) is 5.58. The minimum Gasteiger partial charge on any atom is -0.399 e. The van der Waals surface area contributed by atoms with Gasteiger partial charge in [-0.3, -0.25) is 4.79 Å². The number of anilines is 1. The third kappa shape index (κ3) is 0.916. The molecule has 0 saturated heterocycles. The molecule has 1 atom stereocenters. The van der Waals surface area contributed by atoms with E-state index in [1.807, 2.05) is 19.1 Å². The fourth-order valence-corrected chi connectivity index (χ4v) is 1.69. The number of hydrogen-bond donors (Lipinski definition) is 1. The number of benzene rings is 1. The van der Waals surface area contributed by atoms with Crippen molar-refractivity contribution >= 4 is 11.5 Å². The maximum Gasteiger partial charge on any atom is 0.166 e. The Balaban J connectivity index is 2.56. The third-order valence-corrected chi connectivity index (χ3v) is 2.37. The lowest BCUT2D eigenvalue weighted by molar-refractivity contribution is 0.0946. The Morgan fingerprint density at radius 1 is 1.50 bits per heavy atom. The molecule has 12 heavy (non-hydrogen) atoms. The highest BCUT2D eigenvalue weighted by Crippen LogP contribution is 2.27. The molecule has 1 aliphatic carbocycles. The Hall–Kier alpha value is -1.31. The number of rotatable bonds is 0. The number of carbonyl (C=O) groups excluding carboxylic acids is 1. The Morgan fingerprint density at radius 3 is 3.00 bits per heavy atom. The second kappa shape index (κ2) is 2.34. The summed E-state index contributed by atoms with van der Waals surface area (Å²) in [6.45, 7) is 1.96. The predicted octanol–water partition coefficient (Wildman–Crippen LogP) is 1.64. The fourth-order valence-electron chi connectivity index (χ4n) is 1.69. The van der Waals surface area contributed by atoms with Crippen LogP contribution >= 0.6 is 0 Å². The van der Waals surface area contributed by atoms with Crippen molar-refractivity contribution in [3.63, 3.8) is 0 Å². The second-order valence-electron chi connectivity index (χ2n) is 3.39. The first-order valence-electron chi connectivity index (χ1n) is 4.11. The molecule has 1 aromatic rings. The van der Waals surface area contributed by atoms with Crippen molar-refractivity contribution < 1.29 is 4.79 Å². The smallest absolute Gasteiger partial charge is 0.166 e. The van der Waals surface area contributed by atoms with E-state index in [0.29, 0.717) is 5.69 Å². The van der Waals surface area contributed by atoms with Crippen molar-refractivity contribution in [3.05, 3.63) is 29.3 Å². The largest absolute Gasteiger partial charge is 0.399 e. The van der Waals surface area contributed by atoms with Gasteiger partial charge in [-0.25, -0.2) is 0 Å². The summed E-state index contributed by atoms with van der Waals surface area (Å²) in [6.07, 6.45) is 0.869. The van der Waals surface area contributed by atoms with Crippen molar-refractivity contribution in [2.24, 2.45) is 5.92 Å². The second-order valence-corrected chi connectivity index (χ2v) is 3.39. The van der Waals surface area contributed by atoms with E-state index in [9.17, 15) is 4.79 Å². The highest BCUT2D eigenvalue weighted by atomic mass is 16.1. The molecule has 2 heteroatoms. The van der Waals surface area contributed by atoms with Crippen LogP contribution in [-0.4, -0.2) is 5.78 Å². The number of carbonyl (C=O) groups is 1. The first-order valence-corrected chi connectivity index (χ1v) is 4.11. The van der Waals surface area contributed by atoms with Crippen molar-refractivity contribution in [1.82, 2.24) is 0 Å². The molecule has 0 amide bonds. The quantitative estimate of drug-likeness (QED) is 0.588. The average molecular weight is 161 g/mol. The van der Waals surface area contributed by atoms with Crippen molar-refractivity contribution in [3.8, 4) is 0 Å². The lowest BCUT2D eigenvalue weighted by Crippen LogP contribution is -2.03. The summed E-state index contributed by atoms with van der Waals surface area (Å²) in [5, 5.41) is 0. The molecule has 0 saturated carbocycles. The standard InChI is InChI=1S/C10H11NO/c1-6-4-7-2-3-8(11)5-9(7)10(6)12/h2-3,5-6H,4,11H2,1H3/t6-/m1/s1. The van der Waals surface area contributed by atoms with Gasteiger partial charge in [0, 0.05) is 17.2 Å². The molecule has 2 nitrogen and oxygen atoms in total. The van der Waals surface area contributed by atoms with Crippen molar-refractivity contribution in [2.75, 3.05) is 5.73 Å². The third-order valence-electron chi connectivity index (χ3n) is 2.37. The summed E-state index contributed by atoms with van der Waals surface area (Å²) in [7, 11) is 0. The zero-order valence-electron chi connectivity index (χ0n) is 7.00. The van der Waals surface area contributed by atoms with Gasteiger partial charge in [0.15, 0.2) is 5.78 Å². The molecule has 0 bridgehead atoms. The topological polar surface area (TPSA) is 43.1 Å². The average Bonchev–Trinajstić information content (AvgIpc) is 2.31. The van der Waals surface area contributed by atoms with Crippen LogP contribution in [-0.2, 0) is 6.42 Å². The Kier molecular flexibility index (Phi) is 1.43. The molecular formula is C10H11NO. The normalized spacial score (nSPS) is 21.1. The number of ketones is 1. The van der Waals surface area contributed by atoms with E-state index in [1.165, 1.54) is 0 Å². The summed E-state index contributed by atoms with van der Waals surface area (Å²) in [5.74, 6) is 0.374. The van der Waals surface area contributed by atoms with Gasteiger partial charge in [0.1, 0.15) is 0 Å². The summed E-state index contributed by atoms with van der Waals surface area (Å²) in [5.41, 5.74) is 8.23. The minimum absolute atomic E-state index is 0.141. The molecule has 0 aliphatic heterocycles. The van der Waals surface area contributed by atoms with Crippen LogP contribution in [0.3, 0.4) is 0 Å². The maximum atomic E-state index is 11.5. The van der Waals surface area contributed by atoms with Gasteiger partial charge in [0.2, 0.25) is 0 Å². The molecule has 1 aromatic carbocycles. The van der Waals surface area contributed by atoms with E-state index in [0.717, 1.165) is 17.5 Å². The predicted molar refractivity (Wildman–Crippen MR) is 48.1 cm³/mol. The van der Waals surface area contributed by atoms with E-state index in [1.54, 1.807) is 6.07 Å². The van der Waals surface area contributed by atoms with Crippen LogP contribution in [0.5, 0.6) is 0 Å². The summed E-state index contributed by atoms with van der Waals surface area (Å²) < 4.78 is 0. The van der Waals surface area contributed by atoms with Gasteiger partial charge in [-0.05, 0) is 24.1 Å². The summed E-state index contributed by atoms with van der Waals surface area (Å²) in [4.78, 5) is 11.5. The number of nitrogen functional groups attached to an aromatic ring is 1. The van der Waals surface area contributed by atoms with Crippen LogP contribution in [0.2, 0.25) is 0 Å². The van der Waals surface area contributed by atoms with Gasteiger partial charge in [-0.2, -0.15) is 0 Å². The van der Waals surface area contributed by atoms with Crippen LogP contribution in [0.4, 0.5) is 5.69 Å². The van der Waals surface area contributed by atoms with Gasteiger partial charge in [0.25, 0.3) is 0 Å². The molecular weight excluding hydrogens is 150 g/mol. The molecule has 62 valence electrons. The molecule has 0 heterocycles. The molecule has 0 spiro atoms. The van der Waals surface area contributed by atoms with Crippen LogP contribution in [0, 0.1) is 5.92 Å². The van der Waals surface area contributed by atoms with E-state index in [2.05, 4.69) is 0 Å². The molecule has 1 aliphatic rings.